The molecule has 2 heterocycles. The Bertz CT molecular complexity index is 629. The van der Waals surface area contributed by atoms with Crippen LogP contribution in [0.2, 0.25) is 0 Å². The topological polar surface area (TPSA) is 50.3 Å². The number of halogens is 1. The van der Waals surface area contributed by atoms with E-state index < -0.39 is 0 Å². The predicted octanol–water partition coefficient (Wildman–Crippen LogP) is 2.92. The number of methoxy groups -OCH3 is 1. The molecule has 0 saturated carbocycles. The molecule has 0 bridgehead atoms. The fourth-order valence-corrected chi connectivity index (χ4v) is 3.13. The van der Waals surface area contributed by atoms with E-state index in [0.29, 0.717) is 6.04 Å². The Morgan fingerprint density at radius 2 is 2.14 bits per heavy atom. The highest BCUT2D eigenvalue weighted by molar-refractivity contribution is 9.10. The number of fused-ring (bicyclic) bond motifs is 1. The highest BCUT2D eigenvalue weighted by Gasteiger charge is 2.19. The van der Waals surface area contributed by atoms with Gasteiger partial charge in [0.05, 0.1) is 23.8 Å². The van der Waals surface area contributed by atoms with Crippen LogP contribution in [-0.2, 0) is 4.74 Å². The average molecular weight is 365 g/mol. The summed E-state index contributed by atoms with van der Waals surface area (Å²) >= 11 is 3.48. The Hall–Kier alpha value is -1.24. The van der Waals surface area contributed by atoms with Crippen LogP contribution in [0.3, 0.4) is 0 Å². The van der Waals surface area contributed by atoms with E-state index >= 15 is 0 Å². The quantitative estimate of drug-likeness (QED) is 0.883. The second-order valence-electron chi connectivity index (χ2n) is 5.64. The summed E-state index contributed by atoms with van der Waals surface area (Å²) in [6, 6.07) is 6.43. The number of anilines is 1. The third kappa shape index (κ3) is 3.94. The van der Waals surface area contributed by atoms with Gasteiger partial charge in [0.15, 0.2) is 0 Å². The zero-order chi connectivity index (χ0) is 15.4. The lowest BCUT2D eigenvalue weighted by Gasteiger charge is -2.32. The van der Waals surface area contributed by atoms with Crippen LogP contribution in [0.4, 0.5) is 5.82 Å². The molecule has 0 radical (unpaired) electrons. The van der Waals surface area contributed by atoms with Crippen molar-refractivity contribution in [3.05, 3.63) is 28.9 Å². The van der Waals surface area contributed by atoms with E-state index in [2.05, 4.69) is 36.1 Å². The molecule has 0 unspecified atom stereocenters. The lowest BCUT2D eigenvalue weighted by molar-refractivity contribution is 0.132. The standard InChI is InChI=1S/C16H21BrN4O/c1-22-9-8-21-6-4-13(5-7-21)19-16-11-18-14-3-2-12(17)10-15(14)20-16/h2-3,10-11,13H,4-9H2,1H3,(H,19,20). The Morgan fingerprint density at radius 3 is 2.91 bits per heavy atom. The molecule has 1 fully saturated rings. The van der Waals surface area contributed by atoms with Crippen LogP contribution in [-0.4, -0.2) is 54.3 Å². The van der Waals surface area contributed by atoms with E-state index in [1.165, 1.54) is 0 Å². The van der Waals surface area contributed by atoms with Crippen molar-refractivity contribution in [1.82, 2.24) is 14.9 Å². The van der Waals surface area contributed by atoms with E-state index in [-0.39, 0.29) is 0 Å². The van der Waals surface area contributed by atoms with Gasteiger partial charge in [-0.1, -0.05) is 15.9 Å². The van der Waals surface area contributed by atoms with Gasteiger partial charge in [0, 0.05) is 37.3 Å². The molecule has 1 aromatic heterocycles. The summed E-state index contributed by atoms with van der Waals surface area (Å²) in [5.41, 5.74) is 1.83. The van der Waals surface area contributed by atoms with Crippen molar-refractivity contribution in [1.29, 1.82) is 0 Å². The van der Waals surface area contributed by atoms with Crippen LogP contribution >= 0.6 is 15.9 Å². The Kier molecular flexibility index (Phi) is 5.23. The van der Waals surface area contributed by atoms with Crippen molar-refractivity contribution >= 4 is 32.8 Å². The van der Waals surface area contributed by atoms with Crippen molar-refractivity contribution in [2.24, 2.45) is 0 Å². The van der Waals surface area contributed by atoms with Crippen LogP contribution in [0, 0.1) is 0 Å². The number of aromatic nitrogens is 2. The van der Waals surface area contributed by atoms with E-state index in [4.69, 9.17) is 4.74 Å². The van der Waals surface area contributed by atoms with E-state index in [1.54, 1.807) is 7.11 Å². The lowest BCUT2D eigenvalue weighted by atomic mass is 10.1. The fraction of sp³-hybridized carbons (Fsp3) is 0.500. The molecule has 118 valence electrons. The van der Waals surface area contributed by atoms with Crippen molar-refractivity contribution < 1.29 is 4.74 Å². The van der Waals surface area contributed by atoms with Gasteiger partial charge in [-0.25, -0.2) is 4.98 Å². The maximum atomic E-state index is 5.14. The maximum Gasteiger partial charge on any atom is 0.145 e. The normalized spacial score (nSPS) is 17.0. The van der Waals surface area contributed by atoms with Gasteiger partial charge in [0.2, 0.25) is 0 Å². The van der Waals surface area contributed by atoms with Crippen LogP contribution in [0.5, 0.6) is 0 Å². The molecule has 0 amide bonds. The number of benzene rings is 1. The molecule has 0 aliphatic carbocycles. The van der Waals surface area contributed by atoms with Gasteiger partial charge in [-0.15, -0.1) is 0 Å². The van der Waals surface area contributed by atoms with Crippen LogP contribution in [0.25, 0.3) is 11.0 Å². The SMILES string of the molecule is COCCN1CCC(Nc2cnc3ccc(Br)cc3n2)CC1. The molecule has 22 heavy (non-hydrogen) atoms. The molecule has 2 aromatic rings. The van der Waals surface area contributed by atoms with Crippen LogP contribution < -0.4 is 5.32 Å². The first-order valence-electron chi connectivity index (χ1n) is 7.65. The lowest BCUT2D eigenvalue weighted by Crippen LogP contribution is -2.40. The molecular formula is C16H21BrN4O. The molecule has 3 rings (SSSR count). The molecule has 6 heteroatoms. The number of likely N-dealkylation sites (tertiary alicyclic amines) is 1. The highest BCUT2D eigenvalue weighted by atomic mass is 79.9. The molecule has 1 N–H and O–H groups in total. The first kappa shape index (κ1) is 15.6. The summed E-state index contributed by atoms with van der Waals surface area (Å²) in [5.74, 6) is 0.862. The molecule has 0 spiro atoms. The summed E-state index contributed by atoms with van der Waals surface area (Å²) in [5, 5.41) is 3.52. The van der Waals surface area contributed by atoms with Crippen molar-refractivity contribution in [2.75, 3.05) is 38.7 Å². The van der Waals surface area contributed by atoms with Gasteiger partial charge in [-0.3, -0.25) is 4.98 Å². The van der Waals surface area contributed by atoms with Crippen molar-refractivity contribution in [3.63, 3.8) is 0 Å². The minimum Gasteiger partial charge on any atom is -0.383 e. The summed E-state index contributed by atoms with van der Waals surface area (Å²) in [6.07, 6.45) is 4.08. The molecule has 1 aliphatic heterocycles. The number of nitrogens with zero attached hydrogens (tertiary/aromatic N) is 3. The summed E-state index contributed by atoms with van der Waals surface area (Å²) in [6.45, 7) is 4.04. The molecule has 0 atom stereocenters. The summed E-state index contributed by atoms with van der Waals surface area (Å²) < 4.78 is 6.16. The second kappa shape index (κ2) is 7.35. The maximum absolute atomic E-state index is 5.14. The number of hydrogen-bond acceptors (Lipinski definition) is 5. The zero-order valence-electron chi connectivity index (χ0n) is 12.8. The molecular weight excluding hydrogens is 344 g/mol. The fourth-order valence-electron chi connectivity index (χ4n) is 2.78. The summed E-state index contributed by atoms with van der Waals surface area (Å²) in [4.78, 5) is 11.6. The third-order valence-electron chi connectivity index (χ3n) is 4.06. The minimum atomic E-state index is 0.470. The predicted molar refractivity (Wildman–Crippen MR) is 92.2 cm³/mol. The molecule has 5 nitrogen and oxygen atoms in total. The van der Waals surface area contributed by atoms with Gasteiger partial charge in [0.1, 0.15) is 5.82 Å². The van der Waals surface area contributed by atoms with E-state index in [0.717, 1.165) is 60.4 Å². The molecule has 1 aromatic carbocycles. The van der Waals surface area contributed by atoms with Crippen LogP contribution in [0.1, 0.15) is 12.8 Å². The van der Waals surface area contributed by atoms with Gasteiger partial charge < -0.3 is 15.0 Å². The average Bonchev–Trinajstić information content (AvgIpc) is 2.54. The summed E-state index contributed by atoms with van der Waals surface area (Å²) in [7, 11) is 1.76. The number of hydrogen-bond donors (Lipinski definition) is 1. The Balaban J connectivity index is 1.59. The Labute approximate surface area is 139 Å². The molecule has 1 aliphatic rings. The van der Waals surface area contributed by atoms with Crippen molar-refractivity contribution in [2.45, 2.75) is 18.9 Å². The van der Waals surface area contributed by atoms with Gasteiger partial charge in [0.25, 0.3) is 0 Å². The largest absolute Gasteiger partial charge is 0.383 e. The van der Waals surface area contributed by atoms with Gasteiger partial charge in [-0.2, -0.15) is 0 Å². The molecule has 1 saturated heterocycles. The Morgan fingerprint density at radius 1 is 1.32 bits per heavy atom. The second-order valence-corrected chi connectivity index (χ2v) is 6.56. The van der Waals surface area contributed by atoms with Crippen molar-refractivity contribution in [3.8, 4) is 0 Å². The number of rotatable bonds is 5. The number of piperidine rings is 1. The first-order valence-corrected chi connectivity index (χ1v) is 8.44. The van der Waals surface area contributed by atoms with E-state index in [9.17, 15) is 0 Å². The van der Waals surface area contributed by atoms with Gasteiger partial charge >= 0.3 is 0 Å². The van der Waals surface area contributed by atoms with Crippen LogP contribution in [0.15, 0.2) is 28.9 Å². The minimum absolute atomic E-state index is 0.470. The van der Waals surface area contributed by atoms with Gasteiger partial charge in [-0.05, 0) is 31.0 Å². The zero-order valence-corrected chi connectivity index (χ0v) is 14.3. The smallest absolute Gasteiger partial charge is 0.145 e. The van der Waals surface area contributed by atoms with E-state index in [1.807, 2.05) is 24.4 Å². The number of nitrogens with one attached hydrogen (secondary N) is 1. The first-order chi connectivity index (χ1) is 10.7. The third-order valence-corrected chi connectivity index (χ3v) is 4.55. The monoisotopic (exact) mass is 364 g/mol. The number of ether oxygens (including phenoxy) is 1. The highest BCUT2D eigenvalue weighted by Crippen LogP contribution is 2.20.